The van der Waals surface area contributed by atoms with Crippen LogP contribution in [0.25, 0.3) is 0 Å². The third kappa shape index (κ3) is 75.3. The van der Waals surface area contributed by atoms with Gasteiger partial charge in [-0.1, -0.05) is 0 Å². The fraction of sp³-hybridized carbons (Fsp3) is 0.750. The van der Waals surface area contributed by atoms with Crippen molar-refractivity contribution < 1.29 is 10.5 Å². The predicted octanol–water partition coefficient (Wildman–Crippen LogP) is 3.31. The molecule has 0 saturated heterocycles. The third-order valence-corrected chi connectivity index (χ3v) is 0. The molecule has 0 aromatic heterocycles. The molecule has 0 aliphatic carbocycles. The number of halogens is 2. The molecule has 8 heavy (non-hydrogen) atoms. The van der Waals surface area contributed by atoms with E-state index in [-0.39, 0.29) is 15.3 Å². The summed E-state index contributed by atoms with van der Waals surface area (Å²) >= 11 is 4.80. The molecule has 0 amide bonds. The molecule has 0 aliphatic heterocycles. The van der Waals surface area contributed by atoms with E-state index >= 15 is 0 Å². The first-order valence-corrected chi connectivity index (χ1v) is 18.3. The van der Waals surface area contributed by atoms with Crippen LogP contribution in [0, 0.1) is 7.43 Å². The van der Waals surface area contributed by atoms with Crippen molar-refractivity contribution in [3.63, 3.8) is 0 Å². The van der Waals surface area contributed by atoms with Crippen LogP contribution in [-0.2, 0) is 10.5 Å². The zero-order valence-corrected chi connectivity index (χ0v) is 13.3. The van der Waals surface area contributed by atoms with Gasteiger partial charge in [0, 0.05) is 20.0 Å². The van der Waals surface area contributed by atoms with Crippen LogP contribution in [0.4, 0.5) is 0 Å². The van der Waals surface area contributed by atoms with E-state index in [1.54, 1.807) is 0 Å². The number of hydrogen-bond donors (Lipinski definition) is 0. The molecule has 0 nitrogen and oxygen atoms in total. The summed E-state index contributed by atoms with van der Waals surface area (Å²) in [6.45, 7) is 6.81. The fourth-order valence-electron chi connectivity index (χ4n) is 0. The van der Waals surface area contributed by atoms with Gasteiger partial charge in [-0.05, 0) is 7.92 Å². The quantitative estimate of drug-likeness (QED) is 0.253. The van der Waals surface area contributed by atoms with E-state index in [4.69, 9.17) is 0 Å². The van der Waals surface area contributed by atoms with Crippen LogP contribution in [0.15, 0.2) is 0 Å². The molecule has 0 rings (SSSR count). The van der Waals surface area contributed by atoms with Gasteiger partial charge < -0.3 is 7.43 Å². The Labute approximate surface area is 83.8 Å². The molecule has 0 fully saturated rings. The van der Waals surface area contributed by atoms with Crippen molar-refractivity contribution in [2.75, 3.05) is 20.0 Å². The van der Waals surface area contributed by atoms with Gasteiger partial charge in [-0.3, -0.25) is 0 Å². The standard InChI is InChI=1S/C3H9P.CH3.2HI.Ir/c1-4(2)3;;;;/h1-3H3;1H3;2*1H;/q;-1;;;+3/p-1. The summed E-state index contributed by atoms with van der Waals surface area (Å²) in [6.07, 6.45) is 0. The van der Waals surface area contributed by atoms with E-state index in [0.29, 0.717) is 10.5 Å². The van der Waals surface area contributed by atoms with E-state index in [2.05, 4.69) is 59.2 Å². The summed E-state index contributed by atoms with van der Waals surface area (Å²) in [4.78, 5) is 0. The van der Waals surface area contributed by atoms with E-state index in [1.807, 2.05) is 0 Å². The molecule has 4 heteroatoms. The second kappa shape index (κ2) is 16.3. The van der Waals surface area contributed by atoms with E-state index in [0.717, 1.165) is 0 Å². The van der Waals surface area contributed by atoms with Crippen LogP contribution in [0.3, 0.4) is 0 Å². The van der Waals surface area contributed by atoms with Crippen LogP contribution in [0.1, 0.15) is 0 Å². The van der Waals surface area contributed by atoms with Crippen molar-refractivity contribution in [2.24, 2.45) is 0 Å². The fourth-order valence-corrected chi connectivity index (χ4v) is 0. The SMILES string of the molecule is C[PH+](C)C.[CH3-].[I][Ir+][I]. The van der Waals surface area contributed by atoms with E-state index in [1.165, 1.54) is 0 Å². The molecule has 0 aliphatic rings. The minimum absolute atomic E-state index is 0. The molecular weight excluding hydrogens is 525 g/mol. The first kappa shape index (κ1) is 16.9. The summed E-state index contributed by atoms with van der Waals surface area (Å²) in [6, 6.07) is 0. The third-order valence-electron chi connectivity index (χ3n) is 0. The van der Waals surface area contributed by atoms with Crippen LogP contribution in [0.5, 0.6) is 0 Å². The average Bonchev–Trinajstić information content (AvgIpc) is 1.33. The van der Waals surface area contributed by atoms with Crippen molar-refractivity contribution in [3.8, 4) is 0 Å². The van der Waals surface area contributed by atoms with Gasteiger partial charge >= 0.3 is 49.7 Å². The molecule has 0 radical (unpaired) electrons. The van der Waals surface area contributed by atoms with Crippen molar-refractivity contribution in [2.45, 2.75) is 0 Å². The normalized spacial score (nSPS) is 7.25. The average molecular weight is 538 g/mol. The van der Waals surface area contributed by atoms with Gasteiger partial charge in [0.05, 0.1) is 0 Å². The predicted molar refractivity (Wildman–Crippen MR) is 60.5 cm³/mol. The van der Waals surface area contributed by atoms with Crippen molar-refractivity contribution >= 4 is 47.1 Å². The Morgan fingerprint density at radius 2 is 1.12 bits per heavy atom. The Kier molecular flexibility index (Phi) is 34.3. The molecule has 0 atom stereocenters. The van der Waals surface area contributed by atoms with Crippen LogP contribution in [-0.4, -0.2) is 20.0 Å². The molecule has 0 aromatic rings. The van der Waals surface area contributed by atoms with Crippen molar-refractivity contribution in [3.05, 3.63) is 7.43 Å². The number of hydrogen-bond acceptors (Lipinski definition) is 0. The van der Waals surface area contributed by atoms with E-state index in [9.17, 15) is 0 Å². The first-order chi connectivity index (χ1) is 3.15. The summed E-state index contributed by atoms with van der Waals surface area (Å²) in [5, 5.41) is 0. The number of rotatable bonds is 0. The molecule has 0 unspecified atom stereocenters. The Morgan fingerprint density at radius 3 is 1.12 bits per heavy atom. The maximum atomic E-state index is 2.40. The second-order valence-corrected chi connectivity index (χ2v) is 22.0. The zero-order valence-electron chi connectivity index (χ0n) is 5.59. The van der Waals surface area contributed by atoms with E-state index < -0.39 is 0 Å². The summed E-state index contributed by atoms with van der Waals surface area (Å²) < 4.78 is 0. The zero-order chi connectivity index (χ0) is 6.28. The topological polar surface area (TPSA) is 0 Å². The van der Waals surface area contributed by atoms with Gasteiger partial charge in [0.15, 0.2) is 0 Å². The Balaban J connectivity index is -0.0000000575. The maximum absolute atomic E-state index is 2.40. The molecule has 0 bridgehead atoms. The summed E-state index contributed by atoms with van der Waals surface area (Å²) in [5.74, 6) is 0. The summed E-state index contributed by atoms with van der Waals surface area (Å²) in [7, 11) is 0.560. The van der Waals surface area contributed by atoms with Gasteiger partial charge in [-0.2, -0.15) is 0 Å². The first-order valence-electron chi connectivity index (χ1n) is 1.75. The minimum atomic E-state index is 0. The van der Waals surface area contributed by atoms with Crippen LogP contribution in [0.2, 0.25) is 0 Å². The molecular formula is C4H13I2IrP+. The van der Waals surface area contributed by atoms with Crippen molar-refractivity contribution in [1.29, 1.82) is 0 Å². The van der Waals surface area contributed by atoms with Gasteiger partial charge in [0.2, 0.25) is 0 Å². The van der Waals surface area contributed by atoms with Crippen LogP contribution >= 0.6 is 47.1 Å². The van der Waals surface area contributed by atoms with Crippen molar-refractivity contribution in [1.82, 2.24) is 0 Å². The Morgan fingerprint density at radius 1 is 1.12 bits per heavy atom. The van der Waals surface area contributed by atoms with Gasteiger partial charge in [0.25, 0.3) is 0 Å². The molecule has 0 N–H and O–H groups in total. The monoisotopic (exact) mass is 539 g/mol. The van der Waals surface area contributed by atoms with Gasteiger partial charge in [-0.15, -0.1) is 0 Å². The molecule has 0 heterocycles. The second-order valence-electron chi connectivity index (χ2n) is 1.55. The van der Waals surface area contributed by atoms with Gasteiger partial charge in [-0.25, -0.2) is 0 Å². The molecule has 0 spiro atoms. The van der Waals surface area contributed by atoms with Gasteiger partial charge in [0.1, 0.15) is 0 Å². The van der Waals surface area contributed by atoms with Crippen LogP contribution < -0.4 is 0 Å². The summed E-state index contributed by atoms with van der Waals surface area (Å²) in [5.41, 5.74) is 0. The Hall–Kier alpha value is 2.54. The molecule has 0 aromatic carbocycles. The molecule has 0 saturated carbocycles. The molecule has 56 valence electrons. The Bertz CT molecular complexity index is 25.2.